The van der Waals surface area contributed by atoms with Crippen molar-refractivity contribution in [1.29, 1.82) is 0 Å². The van der Waals surface area contributed by atoms with Gasteiger partial charge in [0.05, 0.1) is 36.9 Å². The lowest BCUT2D eigenvalue weighted by Gasteiger charge is -2.46. The number of aliphatic hydroxyl groups is 1. The molecule has 0 radical (unpaired) electrons. The molecule has 2 atom stereocenters. The van der Waals surface area contributed by atoms with Gasteiger partial charge in [0.2, 0.25) is 0 Å². The van der Waals surface area contributed by atoms with Crippen LogP contribution >= 0.6 is 0 Å². The Labute approximate surface area is 206 Å². The van der Waals surface area contributed by atoms with E-state index < -0.39 is 17.9 Å². The highest BCUT2D eigenvalue weighted by atomic mass is 19.3. The Bertz CT molecular complexity index is 1230. The minimum Gasteiger partial charge on any atom is -0.384 e. The van der Waals surface area contributed by atoms with Gasteiger partial charge in [0, 0.05) is 36.0 Å². The second-order valence-corrected chi connectivity index (χ2v) is 9.04. The molecule has 7 nitrogen and oxygen atoms in total. The van der Waals surface area contributed by atoms with Crippen LogP contribution in [-0.2, 0) is 15.1 Å². The fourth-order valence-electron chi connectivity index (χ4n) is 4.64. The number of morpholine rings is 1. The first-order valence-corrected chi connectivity index (χ1v) is 11.5. The number of benzene rings is 1. The number of hydrogen-bond donors (Lipinski definition) is 2. The fraction of sp³-hybridized carbons (Fsp3) is 0.346. The molecule has 0 spiro atoms. The molecule has 3 heterocycles. The molecular formula is C26H27F3N4O3. The van der Waals surface area contributed by atoms with Gasteiger partial charge in [0.25, 0.3) is 12.3 Å². The van der Waals surface area contributed by atoms with Gasteiger partial charge in [0.1, 0.15) is 5.60 Å². The number of nitrogens with one attached hydrogen (secondary N) is 1. The van der Waals surface area contributed by atoms with Crippen molar-refractivity contribution in [1.82, 2.24) is 4.98 Å². The number of pyridine rings is 1. The van der Waals surface area contributed by atoms with E-state index in [1.54, 1.807) is 25.3 Å². The number of allylic oxidation sites excluding steroid dienone is 2. The number of carbonyl (C=O) groups is 1. The van der Waals surface area contributed by atoms with Gasteiger partial charge in [-0.3, -0.25) is 9.78 Å². The highest BCUT2D eigenvalue weighted by molar-refractivity contribution is 6.08. The van der Waals surface area contributed by atoms with Crippen LogP contribution in [0.15, 0.2) is 59.5 Å². The third-order valence-corrected chi connectivity index (χ3v) is 6.35. The normalized spacial score (nSPS) is 22.2. The summed E-state index contributed by atoms with van der Waals surface area (Å²) in [6, 6.07) is 7.29. The summed E-state index contributed by atoms with van der Waals surface area (Å²) in [6.45, 7) is 5.49. The van der Waals surface area contributed by atoms with Crippen LogP contribution in [0.1, 0.15) is 24.6 Å². The average Bonchev–Trinajstić information content (AvgIpc) is 2.84. The van der Waals surface area contributed by atoms with Crippen LogP contribution in [0.3, 0.4) is 0 Å². The van der Waals surface area contributed by atoms with Crippen molar-refractivity contribution < 1.29 is 27.9 Å². The number of amides is 1. The molecule has 36 heavy (non-hydrogen) atoms. The van der Waals surface area contributed by atoms with Crippen LogP contribution in [0.5, 0.6) is 0 Å². The van der Waals surface area contributed by atoms with Crippen molar-refractivity contribution in [3.05, 3.63) is 65.5 Å². The molecule has 2 aliphatic rings. The van der Waals surface area contributed by atoms with Crippen LogP contribution in [0.25, 0.3) is 11.1 Å². The lowest BCUT2D eigenvalue weighted by molar-refractivity contribution is -0.112. The molecule has 2 aromatic rings. The Morgan fingerprint density at radius 2 is 2.19 bits per heavy atom. The summed E-state index contributed by atoms with van der Waals surface area (Å²) >= 11 is 0. The van der Waals surface area contributed by atoms with Gasteiger partial charge < -0.3 is 20.1 Å². The number of fused-ring (bicyclic) bond motifs is 3. The van der Waals surface area contributed by atoms with Crippen LogP contribution in [0.4, 0.5) is 24.6 Å². The zero-order valence-corrected chi connectivity index (χ0v) is 19.9. The summed E-state index contributed by atoms with van der Waals surface area (Å²) in [5.41, 5.74) is 3.13. The molecule has 190 valence electrons. The van der Waals surface area contributed by atoms with Crippen molar-refractivity contribution >= 4 is 23.5 Å². The molecule has 1 amide bonds. The topological polar surface area (TPSA) is 87.1 Å². The van der Waals surface area contributed by atoms with E-state index in [1.807, 2.05) is 19.1 Å². The van der Waals surface area contributed by atoms with Crippen molar-refractivity contribution in [3.8, 4) is 11.1 Å². The number of alkyl halides is 2. The summed E-state index contributed by atoms with van der Waals surface area (Å²) < 4.78 is 43.0. The van der Waals surface area contributed by atoms with E-state index >= 15 is 0 Å². The number of nitrogens with zero attached hydrogens (tertiary/aromatic N) is 3. The minimum atomic E-state index is -2.77. The van der Waals surface area contributed by atoms with E-state index in [4.69, 9.17) is 4.74 Å². The van der Waals surface area contributed by atoms with Gasteiger partial charge in [-0.25, -0.2) is 8.78 Å². The number of halogens is 3. The SMILES string of the molecule is Cc1ccc(NC(=O)C(/C=C/C(F)F)=C/C=NF)cc1-c1cnc2c(c1)N1CCOCC1CC2(C)O. The molecule has 2 N–H and O–H groups in total. The van der Waals surface area contributed by atoms with E-state index in [9.17, 15) is 23.2 Å². The second-order valence-electron chi connectivity index (χ2n) is 9.04. The molecular weight excluding hydrogens is 473 g/mol. The second kappa shape index (κ2) is 10.6. The number of aromatic nitrogens is 1. The van der Waals surface area contributed by atoms with E-state index in [0.29, 0.717) is 49.9 Å². The molecule has 2 aliphatic heterocycles. The fourth-order valence-corrected chi connectivity index (χ4v) is 4.64. The smallest absolute Gasteiger partial charge is 0.257 e. The molecule has 10 heteroatoms. The minimum absolute atomic E-state index is 0.0457. The van der Waals surface area contributed by atoms with Crippen LogP contribution < -0.4 is 10.2 Å². The van der Waals surface area contributed by atoms with Gasteiger partial charge in [-0.2, -0.15) is 0 Å². The standard InChI is InChI=1S/C26H27F3N4O3/c1-16-3-5-19(32-25(34)17(7-8-31-29)4-6-23(27)28)12-21(16)18-11-22-24(30-14-18)26(2,35)13-20-15-36-10-9-33(20)22/h3-8,11-12,14,20,23,35H,9-10,13,15H2,1-2H3,(H,32,34)/b6-4+,17-7+,31-8?. The Kier molecular flexibility index (Phi) is 7.56. The maximum Gasteiger partial charge on any atom is 0.257 e. The number of aryl methyl sites for hydroxylation is 1. The third kappa shape index (κ3) is 5.50. The summed E-state index contributed by atoms with van der Waals surface area (Å²) in [5, 5.41) is 16.0. The predicted octanol–water partition coefficient (Wildman–Crippen LogP) is 4.51. The first-order valence-electron chi connectivity index (χ1n) is 11.5. The van der Waals surface area contributed by atoms with Gasteiger partial charge in [-0.15, -0.1) is 0 Å². The van der Waals surface area contributed by atoms with Crippen LogP contribution in [0, 0.1) is 6.92 Å². The average molecular weight is 501 g/mol. The van der Waals surface area contributed by atoms with E-state index in [0.717, 1.165) is 34.5 Å². The summed E-state index contributed by atoms with van der Waals surface area (Å²) in [5.74, 6) is -0.697. The molecule has 1 aromatic heterocycles. The Morgan fingerprint density at radius 1 is 1.39 bits per heavy atom. The summed E-state index contributed by atoms with van der Waals surface area (Å²) in [7, 11) is 0. The zero-order valence-electron chi connectivity index (χ0n) is 19.9. The molecule has 1 aromatic carbocycles. The monoisotopic (exact) mass is 500 g/mol. The number of ether oxygens (including phenoxy) is 1. The van der Waals surface area contributed by atoms with Crippen molar-refractivity contribution in [2.75, 3.05) is 30.0 Å². The molecule has 1 saturated heterocycles. The zero-order chi connectivity index (χ0) is 25.9. The summed E-state index contributed by atoms with van der Waals surface area (Å²) in [4.78, 5) is 19.5. The Balaban J connectivity index is 1.66. The highest BCUT2D eigenvalue weighted by Gasteiger charge is 2.41. The Hall–Kier alpha value is -3.50. The van der Waals surface area contributed by atoms with Gasteiger partial charge in [-0.1, -0.05) is 15.8 Å². The van der Waals surface area contributed by atoms with Crippen molar-refractivity contribution in [2.45, 2.75) is 38.3 Å². The third-order valence-electron chi connectivity index (χ3n) is 6.35. The van der Waals surface area contributed by atoms with Gasteiger partial charge >= 0.3 is 0 Å². The largest absolute Gasteiger partial charge is 0.384 e. The van der Waals surface area contributed by atoms with Crippen molar-refractivity contribution in [2.24, 2.45) is 5.21 Å². The number of rotatable bonds is 6. The van der Waals surface area contributed by atoms with Crippen LogP contribution in [-0.4, -0.2) is 54.4 Å². The first-order chi connectivity index (χ1) is 17.2. The van der Waals surface area contributed by atoms with E-state index in [2.05, 4.69) is 20.4 Å². The first kappa shape index (κ1) is 25.6. The number of anilines is 2. The number of carbonyl (C=O) groups excluding carboxylic acids is 1. The molecule has 1 fully saturated rings. The molecule has 0 bridgehead atoms. The quantitative estimate of drug-likeness (QED) is 0.346. The number of hydrogen-bond acceptors (Lipinski definition) is 6. The predicted molar refractivity (Wildman–Crippen MR) is 132 cm³/mol. The molecule has 0 saturated carbocycles. The summed E-state index contributed by atoms with van der Waals surface area (Å²) in [6.07, 6.45) is 2.60. The van der Waals surface area contributed by atoms with E-state index in [-0.39, 0.29) is 11.6 Å². The maximum atomic E-state index is 12.7. The van der Waals surface area contributed by atoms with Gasteiger partial charge in [0.15, 0.2) is 0 Å². The highest BCUT2D eigenvalue weighted by Crippen LogP contribution is 2.42. The van der Waals surface area contributed by atoms with E-state index in [1.165, 1.54) is 0 Å². The lowest BCUT2D eigenvalue weighted by atomic mass is 9.85. The molecule has 0 aliphatic carbocycles. The van der Waals surface area contributed by atoms with Crippen LogP contribution in [0.2, 0.25) is 0 Å². The maximum absolute atomic E-state index is 12.7. The van der Waals surface area contributed by atoms with Gasteiger partial charge in [-0.05, 0) is 61.4 Å². The molecule has 2 unspecified atom stereocenters. The Morgan fingerprint density at radius 3 is 2.94 bits per heavy atom. The molecule has 4 rings (SSSR count). The lowest BCUT2D eigenvalue weighted by Crippen LogP contribution is -2.53. The van der Waals surface area contributed by atoms with Crippen molar-refractivity contribution in [3.63, 3.8) is 0 Å².